The van der Waals surface area contributed by atoms with Gasteiger partial charge in [-0.15, -0.1) is 11.8 Å². The van der Waals surface area contributed by atoms with Gasteiger partial charge < -0.3 is 10.1 Å². The molecule has 0 radical (unpaired) electrons. The molecule has 1 N–H and O–H groups in total. The Kier molecular flexibility index (Phi) is 9.25. The van der Waals surface area contributed by atoms with Crippen molar-refractivity contribution in [3.8, 4) is 0 Å². The summed E-state index contributed by atoms with van der Waals surface area (Å²) in [5.74, 6) is 2.10. The molecule has 0 aliphatic rings. The third kappa shape index (κ3) is 7.85. The first-order chi connectivity index (χ1) is 10.5. The third-order valence-electron chi connectivity index (χ3n) is 3.31. The first kappa shape index (κ1) is 19.0. The minimum Gasteiger partial charge on any atom is -0.381 e. The molecule has 0 aromatic heterocycles. The maximum absolute atomic E-state index is 11.9. The lowest BCUT2D eigenvalue weighted by atomic mass is 10.00. The fourth-order valence-electron chi connectivity index (χ4n) is 2.21. The number of carbonyl (C=O) groups is 1. The van der Waals surface area contributed by atoms with Crippen LogP contribution in [0.5, 0.6) is 0 Å². The lowest BCUT2D eigenvalue weighted by molar-refractivity contribution is -0.119. The van der Waals surface area contributed by atoms with Crippen molar-refractivity contribution in [3.63, 3.8) is 0 Å². The minimum atomic E-state index is 0.0492. The molecule has 1 aromatic carbocycles. The van der Waals surface area contributed by atoms with Gasteiger partial charge in [0.2, 0.25) is 5.91 Å². The quantitative estimate of drug-likeness (QED) is 0.665. The summed E-state index contributed by atoms with van der Waals surface area (Å²) in [5.41, 5.74) is 2.50. The van der Waals surface area contributed by atoms with Gasteiger partial charge in [0.1, 0.15) is 0 Å². The number of hydrogen-bond donors (Lipinski definition) is 1. The summed E-state index contributed by atoms with van der Waals surface area (Å²) in [4.78, 5) is 11.9. The lowest BCUT2D eigenvalue weighted by Gasteiger charge is -2.15. The van der Waals surface area contributed by atoms with Crippen LogP contribution in [0.3, 0.4) is 0 Å². The van der Waals surface area contributed by atoms with Gasteiger partial charge in [-0.1, -0.05) is 38.1 Å². The zero-order chi connectivity index (χ0) is 16.4. The molecule has 0 aliphatic carbocycles. The van der Waals surface area contributed by atoms with E-state index in [1.165, 1.54) is 5.56 Å². The normalized spacial score (nSPS) is 12.4. The van der Waals surface area contributed by atoms with E-state index in [2.05, 4.69) is 43.4 Å². The first-order valence-corrected chi connectivity index (χ1v) is 9.22. The Morgan fingerprint density at radius 3 is 2.50 bits per heavy atom. The number of thioether (sulfide) groups is 1. The topological polar surface area (TPSA) is 38.3 Å². The Labute approximate surface area is 139 Å². The zero-order valence-electron chi connectivity index (χ0n) is 14.2. The van der Waals surface area contributed by atoms with Gasteiger partial charge in [-0.25, -0.2) is 0 Å². The Bertz CT molecular complexity index is 431. The standard InChI is InChI=1S/C18H29NO2S/c1-5-21-10-11-22-13-18(20)19-15(4)17-8-6-16(7-9-17)12-14(2)3/h6-9,14-15H,5,10-13H2,1-4H3,(H,19,20). The SMILES string of the molecule is CCOCCSCC(=O)NC(C)c1ccc(CC(C)C)cc1. The van der Waals surface area contributed by atoms with Crippen LogP contribution in [0.4, 0.5) is 0 Å². The highest BCUT2D eigenvalue weighted by Crippen LogP contribution is 2.15. The molecule has 0 heterocycles. The van der Waals surface area contributed by atoms with Crippen LogP contribution >= 0.6 is 11.8 Å². The summed E-state index contributed by atoms with van der Waals surface area (Å²) in [6.45, 7) is 9.89. The molecule has 1 atom stereocenters. The fraction of sp³-hybridized carbons (Fsp3) is 0.611. The van der Waals surface area contributed by atoms with Crippen molar-refractivity contribution in [1.29, 1.82) is 0 Å². The highest BCUT2D eigenvalue weighted by atomic mass is 32.2. The van der Waals surface area contributed by atoms with Gasteiger partial charge in [0.05, 0.1) is 18.4 Å². The molecular formula is C18H29NO2S. The van der Waals surface area contributed by atoms with E-state index in [0.717, 1.165) is 24.3 Å². The van der Waals surface area contributed by atoms with Crippen LogP contribution in [0.15, 0.2) is 24.3 Å². The Balaban J connectivity index is 2.34. The highest BCUT2D eigenvalue weighted by molar-refractivity contribution is 7.99. The van der Waals surface area contributed by atoms with Crippen LogP contribution < -0.4 is 5.32 Å². The van der Waals surface area contributed by atoms with Crippen LogP contribution in [-0.2, 0) is 16.0 Å². The second-order valence-corrected chi connectivity index (χ2v) is 6.98. The molecule has 3 nitrogen and oxygen atoms in total. The number of carbonyl (C=O) groups excluding carboxylic acids is 1. The summed E-state index contributed by atoms with van der Waals surface area (Å²) in [6, 6.07) is 8.60. The van der Waals surface area contributed by atoms with Crippen molar-refractivity contribution in [1.82, 2.24) is 5.32 Å². The summed E-state index contributed by atoms with van der Waals surface area (Å²) < 4.78 is 5.25. The number of nitrogens with one attached hydrogen (secondary N) is 1. The molecule has 124 valence electrons. The van der Waals surface area contributed by atoms with Crippen molar-refractivity contribution >= 4 is 17.7 Å². The van der Waals surface area contributed by atoms with Crippen molar-refractivity contribution < 1.29 is 9.53 Å². The van der Waals surface area contributed by atoms with Gasteiger partial charge in [0.15, 0.2) is 0 Å². The Morgan fingerprint density at radius 1 is 1.23 bits per heavy atom. The zero-order valence-corrected chi connectivity index (χ0v) is 15.0. The van der Waals surface area contributed by atoms with Gasteiger partial charge in [-0.3, -0.25) is 4.79 Å². The largest absolute Gasteiger partial charge is 0.381 e. The van der Waals surface area contributed by atoms with Crippen LogP contribution in [0.1, 0.15) is 44.9 Å². The van der Waals surface area contributed by atoms with E-state index in [4.69, 9.17) is 4.74 Å². The highest BCUT2D eigenvalue weighted by Gasteiger charge is 2.09. The second-order valence-electron chi connectivity index (χ2n) is 5.88. The average molecular weight is 324 g/mol. The van der Waals surface area contributed by atoms with Gasteiger partial charge in [-0.05, 0) is 37.3 Å². The third-order valence-corrected chi connectivity index (χ3v) is 4.23. The van der Waals surface area contributed by atoms with Crippen LogP contribution in [0.25, 0.3) is 0 Å². The molecule has 0 spiro atoms. The van der Waals surface area contributed by atoms with E-state index in [0.29, 0.717) is 18.3 Å². The number of ether oxygens (including phenoxy) is 1. The van der Waals surface area contributed by atoms with Crippen molar-refractivity contribution in [3.05, 3.63) is 35.4 Å². The van der Waals surface area contributed by atoms with Crippen LogP contribution in [0.2, 0.25) is 0 Å². The van der Waals surface area contributed by atoms with E-state index < -0.39 is 0 Å². The van der Waals surface area contributed by atoms with Crippen molar-refractivity contribution in [2.75, 3.05) is 24.7 Å². The van der Waals surface area contributed by atoms with Crippen molar-refractivity contribution in [2.24, 2.45) is 5.92 Å². The molecule has 1 unspecified atom stereocenters. The van der Waals surface area contributed by atoms with Gasteiger partial charge in [-0.2, -0.15) is 0 Å². The molecule has 0 saturated carbocycles. The molecule has 0 bridgehead atoms. The first-order valence-electron chi connectivity index (χ1n) is 8.06. The maximum Gasteiger partial charge on any atom is 0.230 e. The maximum atomic E-state index is 11.9. The molecular weight excluding hydrogens is 294 g/mol. The van der Waals surface area contributed by atoms with Gasteiger partial charge in [0.25, 0.3) is 0 Å². The molecule has 1 aromatic rings. The van der Waals surface area contributed by atoms with Crippen LogP contribution in [0, 0.1) is 5.92 Å². The molecule has 0 fully saturated rings. The van der Waals surface area contributed by atoms with E-state index in [1.807, 2.05) is 13.8 Å². The summed E-state index contributed by atoms with van der Waals surface area (Å²) in [6.07, 6.45) is 1.09. The van der Waals surface area contributed by atoms with E-state index in [1.54, 1.807) is 11.8 Å². The Hall–Kier alpha value is -1.00. The van der Waals surface area contributed by atoms with Crippen molar-refractivity contribution in [2.45, 2.75) is 40.2 Å². The second kappa shape index (κ2) is 10.7. The average Bonchev–Trinajstić information content (AvgIpc) is 2.47. The number of rotatable bonds is 10. The predicted molar refractivity (Wildman–Crippen MR) is 95.4 cm³/mol. The molecule has 4 heteroatoms. The summed E-state index contributed by atoms with van der Waals surface area (Å²) in [7, 11) is 0. The summed E-state index contributed by atoms with van der Waals surface area (Å²) >= 11 is 1.61. The van der Waals surface area contributed by atoms with Crippen LogP contribution in [-0.4, -0.2) is 30.6 Å². The summed E-state index contributed by atoms with van der Waals surface area (Å²) in [5, 5.41) is 3.05. The Morgan fingerprint density at radius 2 is 1.91 bits per heavy atom. The molecule has 22 heavy (non-hydrogen) atoms. The predicted octanol–water partition coefficient (Wildman–Crippen LogP) is 3.83. The number of amides is 1. The molecule has 0 saturated heterocycles. The minimum absolute atomic E-state index is 0.0492. The fourth-order valence-corrected chi connectivity index (χ4v) is 2.86. The lowest BCUT2D eigenvalue weighted by Crippen LogP contribution is -2.28. The van der Waals surface area contributed by atoms with Gasteiger partial charge in [0, 0.05) is 12.4 Å². The number of hydrogen-bond acceptors (Lipinski definition) is 3. The van der Waals surface area contributed by atoms with E-state index in [9.17, 15) is 4.79 Å². The number of benzene rings is 1. The van der Waals surface area contributed by atoms with Gasteiger partial charge >= 0.3 is 0 Å². The molecule has 1 rings (SSSR count). The molecule has 1 amide bonds. The monoisotopic (exact) mass is 323 g/mol. The molecule has 0 aliphatic heterocycles. The van der Waals surface area contributed by atoms with E-state index in [-0.39, 0.29) is 11.9 Å². The smallest absolute Gasteiger partial charge is 0.230 e. The van der Waals surface area contributed by atoms with E-state index >= 15 is 0 Å².